The van der Waals surface area contributed by atoms with Crippen molar-refractivity contribution in [3.63, 3.8) is 0 Å². The monoisotopic (exact) mass is 940 g/mol. The van der Waals surface area contributed by atoms with Crippen molar-refractivity contribution in [1.82, 2.24) is 14.5 Å². The Labute approximate surface area is 380 Å². The van der Waals surface area contributed by atoms with Crippen molar-refractivity contribution in [2.45, 2.75) is 26.9 Å². The molecule has 0 saturated carbocycles. The lowest BCUT2D eigenvalue weighted by Crippen LogP contribution is -2.16. The van der Waals surface area contributed by atoms with Gasteiger partial charge in [-0.2, -0.15) is 13.2 Å². The predicted molar refractivity (Wildman–Crippen MR) is 240 cm³/mol. The molecule has 9 rings (SSSR count). The molecule has 3 heterocycles. The molecule has 6 aromatic carbocycles. The molecule has 3 amide bonds. The fourth-order valence-electron chi connectivity index (χ4n) is 8.17. The minimum atomic E-state index is -4.45. The summed E-state index contributed by atoms with van der Waals surface area (Å²) in [4.78, 5) is 40.2. The van der Waals surface area contributed by atoms with Gasteiger partial charge in [0.15, 0.2) is 11.6 Å². The third-order valence-electron chi connectivity index (χ3n) is 11.4. The van der Waals surface area contributed by atoms with Crippen LogP contribution in [0, 0.1) is 55.7 Å². The number of benzene rings is 6. The highest BCUT2D eigenvalue weighted by Gasteiger charge is 2.30. The first-order valence-electron chi connectivity index (χ1n) is 20.2. The average molecular weight is 941 g/mol. The number of hydrogen-bond donors (Lipinski definition) is 5. The van der Waals surface area contributed by atoms with Gasteiger partial charge in [0.2, 0.25) is 0 Å². The van der Waals surface area contributed by atoms with Crippen LogP contribution in [-0.4, -0.2) is 32.3 Å². The number of carbonyl (C=O) groups excluding carboxylic acids is 3. The van der Waals surface area contributed by atoms with E-state index in [2.05, 4.69) is 9.97 Å². The Morgan fingerprint density at radius 1 is 0.485 bits per heavy atom. The summed E-state index contributed by atoms with van der Waals surface area (Å²) >= 11 is 0. The Kier molecular flexibility index (Phi) is 12.7. The molecule has 8 N–H and O–H groups in total. The highest BCUT2D eigenvalue weighted by Crippen LogP contribution is 2.37. The number of H-pyrrole nitrogens is 2. The van der Waals surface area contributed by atoms with Gasteiger partial charge in [0.25, 0.3) is 17.7 Å². The maximum atomic E-state index is 14.0. The average Bonchev–Trinajstić information content (AvgIpc) is 3.88. The minimum Gasteiger partial charge on any atom is -0.364 e. The number of rotatable bonds is 6. The number of hydrogen-bond acceptors (Lipinski definition) is 3. The molecule has 0 radical (unpaired) electrons. The Balaban J connectivity index is 0.000000151. The number of nitrogens with one attached hydrogen (secondary N) is 2. The van der Waals surface area contributed by atoms with Gasteiger partial charge in [-0.25, -0.2) is 26.3 Å². The van der Waals surface area contributed by atoms with Crippen molar-refractivity contribution in [2.24, 2.45) is 24.2 Å². The van der Waals surface area contributed by atoms with Crippen molar-refractivity contribution in [3.05, 3.63) is 177 Å². The lowest BCUT2D eigenvalue weighted by molar-refractivity contribution is -0.137. The van der Waals surface area contributed by atoms with E-state index in [0.717, 1.165) is 24.3 Å². The van der Waals surface area contributed by atoms with Crippen LogP contribution < -0.4 is 17.2 Å². The molecule has 0 fully saturated rings. The first-order chi connectivity index (χ1) is 32.0. The molecule has 0 aliphatic heterocycles. The zero-order valence-electron chi connectivity index (χ0n) is 36.1. The lowest BCUT2D eigenvalue weighted by atomic mass is 10.00. The van der Waals surface area contributed by atoms with E-state index in [-0.39, 0.29) is 17.2 Å². The number of nitrogens with zero attached hydrogens (tertiary/aromatic N) is 1. The summed E-state index contributed by atoms with van der Waals surface area (Å²) in [5, 5.41) is 1.54. The quantitative estimate of drug-likeness (QED) is 0.105. The molecule has 0 aliphatic carbocycles. The number of fused-ring (bicyclic) bond motifs is 3. The summed E-state index contributed by atoms with van der Waals surface area (Å²) in [7, 11) is 1.71. The lowest BCUT2D eigenvalue weighted by Gasteiger charge is -2.09. The van der Waals surface area contributed by atoms with E-state index in [1.54, 1.807) is 44.5 Å². The van der Waals surface area contributed by atoms with Gasteiger partial charge in [-0.15, -0.1) is 0 Å². The molecule has 0 atom stereocenters. The first kappa shape index (κ1) is 47.7. The number of aryl methyl sites for hydroxylation is 4. The number of alkyl halides is 3. The molecule has 0 bridgehead atoms. The number of nitrogens with two attached hydrogens (primary N) is 3. The van der Waals surface area contributed by atoms with Crippen LogP contribution in [0.4, 0.5) is 39.5 Å². The van der Waals surface area contributed by atoms with Crippen molar-refractivity contribution < 1.29 is 53.9 Å². The number of aromatic nitrogens is 3. The molecular weight excluding hydrogens is 904 g/mol. The van der Waals surface area contributed by atoms with Crippen LogP contribution in [0.25, 0.3) is 66.1 Å². The fourth-order valence-corrected chi connectivity index (χ4v) is 8.17. The molecular formula is C50H37F9N6O3. The van der Waals surface area contributed by atoms with E-state index in [0.29, 0.717) is 88.5 Å². The maximum absolute atomic E-state index is 14.0. The molecule has 348 valence electrons. The van der Waals surface area contributed by atoms with E-state index in [1.165, 1.54) is 66.7 Å². The maximum Gasteiger partial charge on any atom is 0.416 e. The molecule has 0 aliphatic rings. The number of primary amides is 3. The second kappa shape index (κ2) is 18.2. The second-order valence-corrected chi connectivity index (χ2v) is 15.7. The molecule has 0 saturated heterocycles. The zero-order valence-corrected chi connectivity index (χ0v) is 36.1. The van der Waals surface area contributed by atoms with Crippen LogP contribution in [0.15, 0.2) is 103 Å². The minimum absolute atomic E-state index is 0.142. The summed E-state index contributed by atoms with van der Waals surface area (Å²) < 4.78 is 121. The highest BCUT2D eigenvalue weighted by atomic mass is 19.4. The Morgan fingerprint density at radius 2 is 0.912 bits per heavy atom. The van der Waals surface area contributed by atoms with Crippen LogP contribution in [-0.2, 0) is 13.2 Å². The van der Waals surface area contributed by atoms with E-state index in [9.17, 15) is 53.9 Å². The largest absolute Gasteiger partial charge is 0.416 e. The zero-order chi connectivity index (χ0) is 49.7. The van der Waals surface area contributed by atoms with Crippen LogP contribution in [0.3, 0.4) is 0 Å². The fraction of sp³-hybridized carbons (Fsp3) is 0.100. The van der Waals surface area contributed by atoms with Gasteiger partial charge in [-0.1, -0.05) is 30.3 Å². The molecule has 18 heteroatoms. The first-order valence-corrected chi connectivity index (χ1v) is 20.2. The van der Waals surface area contributed by atoms with Gasteiger partial charge < -0.3 is 31.7 Å². The smallest absolute Gasteiger partial charge is 0.364 e. The Bertz CT molecular complexity index is 3480. The predicted octanol–water partition coefficient (Wildman–Crippen LogP) is 11.6. The van der Waals surface area contributed by atoms with Gasteiger partial charge in [-0.05, 0) is 127 Å². The van der Waals surface area contributed by atoms with Gasteiger partial charge in [-0.3, -0.25) is 14.4 Å². The van der Waals surface area contributed by atoms with E-state index >= 15 is 0 Å². The summed E-state index contributed by atoms with van der Waals surface area (Å²) in [5.74, 6) is -5.85. The van der Waals surface area contributed by atoms with Crippen molar-refractivity contribution in [1.29, 1.82) is 0 Å². The number of amides is 3. The molecule has 9 aromatic rings. The standard InChI is InChI=1S/C17H12F4N2O.C17H14F2N2O.C16H11F3N2O/c1-8-12-6-11(18)7-13(15(12)23-14(8)16(22)24)9-2-4-10(5-3-9)17(19,20)21;1-9-13-7-12(19)8-14(10-3-5-11(18)6-4-10)16(13)21(2)15(9)17(20)22;1-7-10-5-9(17)6-11(15(10)21-14(7)16(20)22)8-2-3-12(18)13(19)4-8/h2-7,23H,1H3,(H2,22,24);3-8H,1-2H3,(H2,20,22);2-6,21H,1H3,(H2,20,22). The van der Waals surface area contributed by atoms with Crippen LogP contribution in [0.5, 0.6) is 0 Å². The Hall–Kier alpha value is -8.28. The summed E-state index contributed by atoms with van der Waals surface area (Å²) in [6.45, 7) is 4.98. The van der Waals surface area contributed by atoms with E-state index in [1.807, 2.05) is 0 Å². The SMILES string of the molecule is Cc1c(C(N)=O)[nH]c2c(-c3ccc(C(F)(F)F)cc3)cc(F)cc12.Cc1c(C(N)=O)[nH]c2c(-c3ccc(F)c(F)c3)cc(F)cc12.Cc1c(C(N)=O)n(C)c2c(-c3ccc(F)cc3)cc(F)cc12. The van der Waals surface area contributed by atoms with Crippen molar-refractivity contribution >= 4 is 50.4 Å². The topological polar surface area (TPSA) is 166 Å². The van der Waals surface area contributed by atoms with Crippen LogP contribution in [0.1, 0.15) is 53.7 Å². The molecule has 68 heavy (non-hydrogen) atoms. The summed E-state index contributed by atoms with van der Waals surface area (Å²) in [6.07, 6.45) is -4.45. The van der Waals surface area contributed by atoms with Gasteiger partial charge in [0.1, 0.15) is 40.4 Å². The third kappa shape index (κ3) is 9.12. The van der Waals surface area contributed by atoms with E-state index in [4.69, 9.17) is 17.2 Å². The van der Waals surface area contributed by atoms with E-state index < -0.39 is 58.5 Å². The summed E-state index contributed by atoms with van der Waals surface area (Å²) in [6, 6.07) is 21.1. The number of halogens is 9. The third-order valence-corrected chi connectivity index (χ3v) is 11.4. The molecule has 0 spiro atoms. The molecule has 9 nitrogen and oxygen atoms in total. The van der Waals surface area contributed by atoms with Crippen LogP contribution >= 0.6 is 0 Å². The van der Waals surface area contributed by atoms with Crippen LogP contribution in [0.2, 0.25) is 0 Å². The van der Waals surface area contributed by atoms with Gasteiger partial charge in [0.05, 0.1) is 22.1 Å². The highest BCUT2D eigenvalue weighted by molar-refractivity contribution is 6.07. The Morgan fingerprint density at radius 3 is 1.37 bits per heavy atom. The molecule has 0 unspecified atom stereocenters. The van der Waals surface area contributed by atoms with Crippen molar-refractivity contribution in [3.8, 4) is 33.4 Å². The molecule has 3 aromatic heterocycles. The normalized spacial score (nSPS) is 11.4. The van der Waals surface area contributed by atoms with Gasteiger partial charge in [0, 0.05) is 39.9 Å². The number of carbonyl (C=O) groups is 3. The van der Waals surface area contributed by atoms with Crippen molar-refractivity contribution in [2.75, 3.05) is 0 Å². The van der Waals surface area contributed by atoms with Gasteiger partial charge >= 0.3 is 6.18 Å². The summed E-state index contributed by atoms with van der Waals surface area (Å²) in [5.41, 5.74) is 21.7. The number of aromatic amines is 2. The second-order valence-electron chi connectivity index (χ2n) is 15.7.